The molecular formula is C22H31NO. The zero-order valence-corrected chi connectivity index (χ0v) is 15.5. The summed E-state index contributed by atoms with van der Waals surface area (Å²) in [5.41, 5.74) is 4.40. The molecule has 2 rings (SSSR count). The molecule has 0 saturated carbocycles. The Kier molecular flexibility index (Phi) is 6.84. The fraction of sp³-hybridized carbons (Fsp3) is 0.500. The predicted molar refractivity (Wildman–Crippen MR) is 104 cm³/mol. The first kappa shape index (κ1) is 18.5. The van der Waals surface area contributed by atoms with Crippen LogP contribution in [0.15, 0.2) is 47.0 Å². The third kappa shape index (κ3) is 5.09. The van der Waals surface area contributed by atoms with Gasteiger partial charge in [-0.1, -0.05) is 49.3 Å². The zero-order chi connectivity index (χ0) is 17.5. The number of rotatable bonds is 7. The van der Waals surface area contributed by atoms with Crippen molar-refractivity contribution in [1.82, 2.24) is 0 Å². The Morgan fingerprint density at radius 3 is 2.83 bits per heavy atom. The van der Waals surface area contributed by atoms with Crippen molar-refractivity contribution < 1.29 is 5.11 Å². The Labute approximate surface area is 147 Å². The van der Waals surface area contributed by atoms with E-state index in [4.69, 9.17) is 0 Å². The van der Waals surface area contributed by atoms with E-state index in [2.05, 4.69) is 37.1 Å². The number of aryl methyl sites for hydroxylation is 1. The Hall–Kier alpha value is -1.83. The van der Waals surface area contributed by atoms with Crippen LogP contribution in [-0.4, -0.2) is 17.4 Å². The Bertz CT molecular complexity index is 639. The molecule has 0 aromatic heterocycles. The lowest BCUT2D eigenvalue weighted by Gasteiger charge is -2.22. The predicted octanol–water partition coefficient (Wildman–Crippen LogP) is 5.84. The number of aliphatic imine (C=N–C) groups is 1. The lowest BCUT2D eigenvalue weighted by atomic mass is 9.83. The highest BCUT2D eigenvalue weighted by Gasteiger charge is 2.15. The summed E-state index contributed by atoms with van der Waals surface area (Å²) in [5, 5.41) is 9.97. The van der Waals surface area contributed by atoms with Crippen LogP contribution >= 0.6 is 0 Å². The van der Waals surface area contributed by atoms with E-state index in [9.17, 15) is 5.11 Å². The molecule has 0 bridgehead atoms. The number of phenols is 1. The minimum atomic E-state index is 0.320. The van der Waals surface area contributed by atoms with Gasteiger partial charge < -0.3 is 5.11 Å². The Balaban J connectivity index is 1.81. The van der Waals surface area contributed by atoms with E-state index in [1.807, 2.05) is 26.0 Å². The first-order chi connectivity index (χ1) is 11.5. The highest BCUT2D eigenvalue weighted by atomic mass is 16.3. The van der Waals surface area contributed by atoms with E-state index in [0.717, 1.165) is 36.2 Å². The van der Waals surface area contributed by atoms with Crippen molar-refractivity contribution in [3.8, 4) is 5.75 Å². The van der Waals surface area contributed by atoms with E-state index < -0.39 is 0 Å². The van der Waals surface area contributed by atoms with Crippen LogP contribution in [0, 0.1) is 18.8 Å². The first-order valence-electron chi connectivity index (χ1n) is 9.19. The van der Waals surface area contributed by atoms with E-state index >= 15 is 0 Å². The van der Waals surface area contributed by atoms with Crippen molar-refractivity contribution in [3.63, 3.8) is 0 Å². The van der Waals surface area contributed by atoms with Gasteiger partial charge in [0.05, 0.1) is 0 Å². The van der Waals surface area contributed by atoms with E-state index in [0.29, 0.717) is 17.6 Å². The van der Waals surface area contributed by atoms with Crippen LogP contribution in [-0.2, 0) is 0 Å². The van der Waals surface area contributed by atoms with Crippen molar-refractivity contribution in [3.05, 3.63) is 53.1 Å². The third-order valence-corrected chi connectivity index (χ3v) is 5.06. The molecule has 0 aliphatic heterocycles. The number of benzene rings is 1. The Morgan fingerprint density at radius 2 is 2.17 bits per heavy atom. The molecule has 2 atom stereocenters. The maximum absolute atomic E-state index is 9.97. The average molecular weight is 325 g/mol. The molecule has 0 heterocycles. The van der Waals surface area contributed by atoms with Gasteiger partial charge in [0.15, 0.2) is 0 Å². The summed E-state index contributed by atoms with van der Waals surface area (Å²) in [6.45, 7) is 9.41. The van der Waals surface area contributed by atoms with Crippen LogP contribution in [0.5, 0.6) is 5.75 Å². The number of allylic oxidation sites excluding steroid dienone is 4. The summed E-state index contributed by atoms with van der Waals surface area (Å²) < 4.78 is 0. The standard InChI is InChI=1S/C22H31NO/c1-5-19-9-11-20(12-10-19)17(3)7-6-14-23-18(4)21-15-16(2)8-13-22(21)24/h8-11,13,15,17,20,24H,5-7,12,14H2,1-4H3. The lowest BCUT2D eigenvalue weighted by Crippen LogP contribution is -2.11. The van der Waals surface area contributed by atoms with Crippen LogP contribution in [0.25, 0.3) is 0 Å². The molecule has 1 N–H and O–H groups in total. The molecule has 1 aliphatic rings. The molecule has 1 aromatic carbocycles. The topological polar surface area (TPSA) is 32.6 Å². The van der Waals surface area contributed by atoms with E-state index in [1.54, 1.807) is 6.07 Å². The second-order valence-electron chi connectivity index (χ2n) is 7.00. The van der Waals surface area contributed by atoms with Crippen LogP contribution in [0.3, 0.4) is 0 Å². The molecule has 130 valence electrons. The minimum Gasteiger partial charge on any atom is -0.507 e. The molecule has 0 saturated heterocycles. The van der Waals surface area contributed by atoms with Gasteiger partial charge in [-0.3, -0.25) is 4.99 Å². The largest absolute Gasteiger partial charge is 0.507 e. The number of hydrogen-bond donors (Lipinski definition) is 1. The van der Waals surface area contributed by atoms with Crippen molar-refractivity contribution in [2.75, 3.05) is 6.54 Å². The van der Waals surface area contributed by atoms with Crippen LogP contribution in [0.2, 0.25) is 0 Å². The van der Waals surface area contributed by atoms with E-state index in [-0.39, 0.29) is 0 Å². The van der Waals surface area contributed by atoms with Gasteiger partial charge in [-0.15, -0.1) is 0 Å². The second-order valence-corrected chi connectivity index (χ2v) is 7.00. The van der Waals surface area contributed by atoms with Crippen LogP contribution in [0.4, 0.5) is 0 Å². The van der Waals surface area contributed by atoms with Gasteiger partial charge in [0.1, 0.15) is 5.75 Å². The number of aromatic hydroxyl groups is 1. The number of hydrogen-bond acceptors (Lipinski definition) is 2. The molecular weight excluding hydrogens is 294 g/mol. The highest BCUT2D eigenvalue weighted by Crippen LogP contribution is 2.27. The summed E-state index contributed by atoms with van der Waals surface area (Å²) in [7, 11) is 0. The summed E-state index contributed by atoms with van der Waals surface area (Å²) in [4.78, 5) is 4.67. The second kappa shape index (κ2) is 8.86. The van der Waals surface area contributed by atoms with Gasteiger partial charge in [0, 0.05) is 17.8 Å². The summed E-state index contributed by atoms with van der Waals surface area (Å²) in [5.74, 6) is 1.69. The molecule has 0 spiro atoms. The summed E-state index contributed by atoms with van der Waals surface area (Å²) in [6, 6.07) is 5.67. The summed E-state index contributed by atoms with van der Waals surface area (Å²) >= 11 is 0. The third-order valence-electron chi connectivity index (χ3n) is 5.06. The molecule has 0 fully saturated rings. The van der Waals surface area contributed by atoms with Gasteiger partial charge in [0.25, 0.3) is 0 Å². The van der Waals surface area contributed by atoms with Gasteiger partial charge >= 0.3 is 0 Å². The fourth-order valence-electron chi connectivity index (χ4n) is 3.26. The minimum absolute atomic E-state index is 0.320. The zero-order valence-electron chi connectivity index (χ0n) is 15.5. The SMILES string of the molecule is CCC1=CCC(C(C)CCCN=C(C)c2cc(C)ccc2O)C=C1. The summed E-state index contributed by atoms with van der Waals surface area (Å²) in [6.07, 6.45) is 11.7. The molecule has 2 unspecified atom stereocenters. The molecule has 24 heavy (non-hydrogen) atoms. The molecule has 1 aromatic rings. The molecule has 2 nitrogen and oxygen atoms in total. The van der Waals surface area contributed by atoms with Crippen molar-refractivity contribution in [2.24, 2.45) is 16.8 Å². The maximum Gasteiger partial charge on any atom is 0.124 e. The van der Waals surface area contributed by atoms with Crippen LogP contribution < -0.4 is 0 Å². The Morgan fingerprint density at radius 1 is 1.38 bits per heavy atom. The quantitative estimate of drug-likeness (QED) is 0.496. The van der Waals surface area contributed by atoms with Gasteiger partial charge in [-0.25, -0.2) is 0 Å². The van der Waals surface area contributed by atoms with Gasteiger partial charge in [0.2, 0.25) is 0 Å². The lowest BCUT2D eigenvalue weighted by molar-refractivity contribution is 0.393. The number of phenolic OH excluding ortho intramolecular Hbond substituents is 1. The van der Waals surface area contributed by atoms with Crippen LogP contribution in [0.1, 0.15) is 57.6 Å². The average Bonchev–Trinajstić information content (AvgIpc) is 2.60. The molecule has 1 aliphatic carbocycles. The number of nitrogens with zero attached hydrogens (tertiary/aromatic N) is 1. The smallest absolute Gasteiger partial charge is 0.124 e. The van der Waals surface area contributed by atoms with Crippen molar-refractivity contribution in [1.29, 1.82) is 0 Å². The maximum atomic E-state index is 9.97. The fourth-order valence-corrected chi connectivity index (χ4v) is 3.26. The van der Waals surface area contributed by atoms with Crippen molar-refractivity contribution in [2.45, 2.75) is 53.4 Å². The normalized spacial score (nSPS) is 19.2. The highest BCUT2D eigenvalue weighted by molar-refractivity contribution is 6.01. The van der Waals surface area contributed by atoms with Gasteiger partial charge in [-0.05, 0) is 63.5 Å². The molecule has 0 amide bonds. The van der Waals surface area contributed by atoms with E-state index in [1.165, 1.54) is 18.4 Å². The first-order valence-corrected chi connectivity index (χ1v) is 9.19. The van der Waals surface area contributed by atoms with Crippen molar-refractivity contribution >= 4 is 5.71 Å². The molecule has 0 radical (unpaired) electrons. The molecule has 2 heteroatoms. The monoisotopic (exact) mass is 325 g/mol. The van der Waals surface area contributed by atoms with Gasteiger partial charge in [-0.2, -0.15) is 0 Å².